The van der Waals surface area contributed by atoms with Crippen LogP contribution in [0.3, 0.4) is 0 Å². The summed E-state index contributed by atoms with van der Waals surface area (Å²) in [5, 5.41) is 4.01. The van der Waals surface area contributed by atoms with E-state index in [0.717, 1.165) is 0 Å². The van der Waals surface area contributed by atoms with Gasteiger partial charge < -0.3 is 10.5 Å². The highest BCUT2D eigenvalue weighted by Gasteiger charge is 2.14. The highest BCUT2D eigenvalue weighted by atomic mass is 16.5. The minimum absolute atomic E-state index is 0.0117. The van der Waals surface area contributed by atoms with E-state index in [1.54, 1.807) is 18.1 Å². The molecule has 13 heavy (non-hydrogen) atoms. The van der Waals surface area contributed by atoms with Gasteiger partial charge in [0.2, 0.25) is 0 Å². The van der Waals surface area contributed by atoms with Crippen LogP contribution in [0.4, 0.5) is 0 Å². The maximum absolute atomic E-state index is 5.54. The number of nitrogens with two attached hydrogens (primary N) is 1. The van der Waals surface area contributed by atoms with Crippen molar-refractivity contribution in [2.45, 2.75) is 20.0 Å². The molecule has 1 atom stereocenters. The van der Waals surface area contributed by atoms with Crippen LogP contribution in [0.5, 0.6) is 6.01 Å². The van der Waals surface area contributed by atoms with E-state index in [1.165, 1.54) is 0 Å². The second-order valence-corrected chi connectivity index (χ2v) is 3.34. The molecule has 0 amide bonds. The number of ether oxygens (including phenoxy) is 1. The van der Waals surface area contributed by atoms with Gasteiger partial charge in [0.15, 0.2) is 0 Å². The van der Waals surface area contributed by atoms with Crippen LogP contribution >= 0.6 is 0 Å². The molecular weight excluding hydrogens is 168 g/mol. The molecule has 74 valence electrons. The van der Waals surface area contributed by atoms with E-state index in [2.05, 4.69) is 23.9 Å². The Bertz CT molecular complexity index is 258. The molecule has 1 heterocycles. The second-order valence-electron chi connectivity index (χ2n) is 3.34. The van der Waals surface area contributed by atoms with Crippen molar-refractivity contribution in [2.75, 3.05) is 6.54 Å². The van der Waals surface area contributed by atoms with E-state index < -0.39 is 0 Å². The molecule has 0 aliphatic rings. The Kier molecular flexibility index (Phi) is 3.25. The molecule has 2 N–H and O–H groups in total. The Labute approximate surface area is 77.9 Å². The van der Waals surface area contributed by atoms with Crippen LogP contribution in [-0.4, -0.2) is 27.4 Å². The lowest BCUT2D eigenvalue weighted by Crippen LogP contribution is -2.32. The largest absolute Gasteiger partial charge is 0.457 e. The predicted octanol–water partition coefficient (Wildman–Crippen LogP) is 0.177. The molecule has 0 saturated heterocycles. The number of aryl methyl sites for hydroxylation is 1. The van der Waals surface area contributed by atoms with E-state index in [-0.39, 0.29) is 6.10 Å². The Hall–Kier alpha value is -1.10. The van der Waals surface area contributed by atoms with Gasteiger partial charge in [0.05, 0.1) is 0 Å². The third-order valence-electron chi connectivity index (χ3n) is 1.81. The van der Waals surface area contributed by atoms with Gasteiger partial charge in [-0.3, -0.25) is 4.68 Å². The van der Waals surface area contributed by atoms with Gasteiger partial charge in [0.1, 0.15) is 12.4 Å². The molecule has 0 saturated carbocycles. The lowest BCUT2D eigenvalue weighted by molar-refractivity contribution is 0.145. The van der Waals surface area contributed by atoms with E-state index in [1.807, 2.05) is 0 Å². The highest BCUT2D eigenvalue weighted by molar-refractivity contribution is 4.89. The summed E-state index contributed by atoms with van der Waals surface area (Å²) in [5.74, 6) is 0.369. The SMILES string of the molecule is CC(C)C(CN)Oc1ncn(C)n1. The van der Waals surface area contributed by atoms with Crippen molar-refractivity contribution in [3.05, 3.63) is 6.33 Å². The number of hydrogen-bond donors (Lipinski definition) is 1. The molecular formula is C8H16N4O. The standard InChI is InChI=1S/C8H16N4O/c1-6(2)7(4-9)13-8-10-5-12(3)11-8/h5-7H,4,9H2,1-3H3. The van der Waals surface area contributed by atoms with E-state index in [0.29, 0.717) is 18.5 Å². The topological polar surface area (TPSA) is 66.0 Å². The molecule has 0 aliphatic carbocycles. The maximum atomic E-state index is 5.54. The zero-order valence-corrected chi connectivity index (χ0v) is 8.27. The first kappa shape index (κ1) is 9.98. The van der Waals surface area contributed by atoms with Crippen molar-refractivity contribution in [2.24, 2.45) is 18.7 Å². The normalized spacial score (nSPS) is 13.3. The van der Waals surface area contributed by atoms with Crippen molar-refractivity contribution in [3.8, 4) is 6.01 Å². The average molecular weight is 184 g/mol. The highest BCUT2D eigenvalue weighted by Crippen LogP contribution is 2.08. The summed E-state index contributed by atoms with van der Waals surface area (Å²) in [4.78, 5) is 3.96. The fourth-order valence-electron chi connectivity index (χ4n) is 0.965. The third-order valence-corrected chi connectivity index (χ3v) is 1.81. The van der Waals surface area contributed by atoms with Gasteiger partial charge in [-0.1, -0.05) is 13.8 Å². The van der Waals surface area contributed by atoms with Crippen molar-refractivity contribution in [1.29, 1.82) is 0 Å². The van der Waals surface area contributed by atoms with Crippen LogP contribution in [-0.2, 0) is 7.05 Å². The lowest BCUT2D eigenvalue weighted by Gasteiger charge is -2.17. The monoisotopic (exact) mass is 184 g/mol. The fraction of sp³-hybridized carbons (Fsp3) is 0.750. The molecule has 5 heteroatoms. The summed E-state index contributed by atoms with van der Waals surface area (Å²) >= 11 is 0. The molecule has 0 spiro atoms. The number of aromatic nitrogens is 3. The maximum Gasteiger partial charge on any atom is 0.335 e. The summed E-state index contributed by atoms with van der Waals surface area (Å²) in [6.07, 6.45) is 1.59. The summed E-state index contributed by atoms with van der Waals surface area (Å²) < 4.78 is 7.08. The number of rotatable bonds is 4. The third kappa shape index (κ3) is 2.69. The summed E-state index contributed by atoms with van der Waals surface area (Å²) in [7, 11) is 1.80. The summed E-state index contributed by atoms with van der Waals surface area (Å²) in [6, 6.07) is 0.395. The van der Waals surface area contributed by atoms with Gasteiger partial charge in [-0.25, -0.2) is 0 Å². The Balaban J connectivity index is 2.56. The molecule has 0 aromatic carbocycles. The first-order chi connectivity index (χ1) is 6.13. The summed E-state index contributed by atoms with van der Waals surface area (Å²) in [5.41, 5.74) is 5.54. The van der Waals surface area contributed by atoms with E-state index >= 15 is 0 Å². The van der Waals surface area contributed by atoms with Crippen molar-refractivity contribution in [3.63, 3.8) is 0 Å². The predicted molar refractivity (Wildman–Crippen MR) is 49.3 cm³/mol. The number of nitrogens with zero attached hydrogens (tertiary/aromatic N) is 3. The molecule has 0 aliphatic heterocycles. The van der Waals surface area contributed by atoms with Crippen LogP contribution in [0.1, 0.15) is 13.8 Å². The van der Waals surface area contributed by atoms with Gasteiger partial charge in [-0.15, -0.1) is 5.10 Å². The van der Waals surface area contributed by atoms with Gasteiger partial charge >= 0.3 is 6.01 Å². The second kappa shape index (κ2) is 4.23. The zero-order chi connectivity index (χ0) is 9.84. The van der Waals surface area contributed by atoms with Gasteiger partial charge in [0.25, 0.3) is 0 Å². The van der Waals surface area contributed by atoms with Crippen molar-refractivity contribution >= 4 is 0 Å². The molecule has 1 aromatic rings. The van der Waals surface area contributed by atoms with Crippen LogP contribution in [0.2, 0.25) is 0 Å². The molecule has 1 rings (SSSR count). The zero-order valence-electron chi connectivity index (χ0n) is 8.27. The van der Waals surface area contributed by atoms with Crippen LogP contribution in [0.25, 0.3) is 0 Å². The Morgan fingerprint density at radius 3 is 2.69 bits per heavy atom. The van der Waals surface area contributed by atoms with Gasteiger partial charge in [-0.05, 0) is 5.92 Å². The van der Waals surface area contributed by atoms with Crippen LogP contribution < -0.4 is 10.5 Å². The van der Waals surface area contributed by atoms with Crippen LogP contribution in [0, 0.1) is 5.92 Å². The first-order valence-electron chi connectivity index (χ1n) is 4.36. The number of hydrogen-bond acceptors (Lipinski definition) is 4. The molecule has 1 aromatic heterocycles. The van der Waals surface area contributed by atoms with Crippen molar-refractivity contribution in [1.82, 2.24) is 14.8 Å². The smallest absolute Gasteiger partial charge is 0.335 e. The lowest BCUT2D eigenvalue weighted by atomic mass is 10.1. The van der Waals surface area contributed by atoms with E-state index in [4.69, 9.17) is 10.5 Å². The fourth-order valence-corrected chi connectivity index (χ4v) is 0.965. The molecule has 0 fully saturated rings. The molecule has 5 nitrogen and oxygen atoms in total. The summed E-state index contributed by atoms with van der Waals surface area (Å²) in [6.45, 7) is 4.59. The van der Waals surface area contributed by atoms with Gasteiger partial charge in [0, 0.05) is 13.6 Å². The molecule has 0 bridgehead atoms. The average Bonchev–Trinajstić information content (AvgIpc) is 2.46. The first-order valence-corrected chi connectivity index (χ1v) is 4.36. The van der Waals surface area contributed by atoms with Crippen molar-refractivity contribution < 1.29 is 4.74 Å². The molecule has 1 unspecified atom stereocenters. The quantitative estimate of drug-likeness (QED) is 0.724. The Morgan fingerprint density at radius 1 is 1.62 bits per heavy atom. The van der Waals surface area contributed by atoms with Gasteiger partial charge in [-0.2, -0.15) is 4.98 Å². The van der Waals surface area contributed by atoms with E-state index in [9.17, 15) is 0 Å². The van der Waals surface area contributed by atoms with Crippen LogP contribution in [0.15, 0.2) is 6.33 Å². The molecule has 0 radical (unpaired) electrons. The minimum atomic E-state index is -0.0117. The Morgan fingerprint density at radius 2 is 2.31 bits per heavy atom. The minimum Gasteiger partial charge on any atom is -0.457 e.